The van der Waals surface area contributed by atoms with E-state index in [1.165, 1.54) is 4.90 Å². The molecule has 20 heteroatoms. The largest absolute Gasteiger partial charge is 0.746 e. The fourth-order valence-electron chi connectivity index (χ4n) is 9.63. The third kappa shape index (κ3) is 4.87. The van der Waals surface area contributed by atoms with E-state index >= 15 is 0 Å². The molecule has 0 radical (unpaired) electrons. The second-order valence-electron chi connectivity index (χ2n) is 15.3. The number of alkyl halides is 6. The first-order valence-corrected chi connectivity index (χ1v) is 17.0. The van der Waals surface area contributed by atoms with E-state index in [1.807, 2.05) is 0 Å². The number of ether oxygens (including phenoxy) is 5. The minimum absolute atomic E-state index is 0. The van der Waals surface area contributed by atoms with Crippen LogP contribution in [0.25, 0.3) is 0 Å². The number of esters is 2. The molecule has 4 heterocycles. The fourth-order valence-corrected chi connectivity index (χ4v) is 9.79. The van der Waals surface area contributed by atoms with Gasteiger partial charge in [-0.1, -0.05) is 6.61 Å². The number of carbonyl (C=O) groups excluding carboxylic acids is 3. The number of hydrogen-bond acceptors (Lipinski definition) is 11. The van der Waals surface area contributed by atoms with E-state index in [4.69, 9.17) is 18.9 Å². The van der Waals surface area contributed by atoms with E-state index in [9.17, 15) is 53.7 Å². The predicted octanol–water partition coefficient (Wildman–Crippen LogP) is 2.60. The summed E-state index contributed by atoms with van der Waals surface area (Å²) in [6.45, 7) is 1.21. The van der Waals surface area contributed by atoms with Gasteiger partial charge in [0.05, 0.1) is 29.4 Å². The Morgan fingerprint density at radius 1 is 0.980 bits per heavy atom. The van der Waals surface area contributed by atoms with Crippen LogP contribution in [0.2, 0.25) is 0 Å². The van der Waals surface area contributed by atoms with Crippen molar-refractivity contribution < 1.29 is 77.4 Å². The van der Waals surface area contributed by atoms with Crippen molar-refractivity contribution in [1.82, 2.24) is 4.90 Å². The smallest absolute Gasteiger partial charge is 0.335 e. The first-order valence-electron chi connectivity index (χ1n) is 15.6. The Morgan fingerprint density at radius 3 is 2.04 bits per heavy atom. The monoisotopic (exact) mass is 984 g/mol. The van der Waals surface area contributed by atoms with Crippen LogP contribution in [0.4, 0.5) is 26.3 Å². The average molecular weight is 985 g/mol. The SMILES string of the molecule is CC(C)(C)N1C(=O)C2C3OC(C(OC(=O)C45CC6CC(C4)C4(OCC(F)(F)C(F)(F)CO4)C(C6)C5)C31)C2C(=O)O[CH-]C(F)(F)S(=O)(=O)[O-].[Rf]. The van der Waals surface area contributed by atoms with E-state index in [1.54, 1.807) is 20.8 Å². The second kappa shape index (κ2) is 10.4. The second-order valence-corrected chi connectivity index (χ2v) is 16.7. The molecule has 4 saturated heterocycles. The molecule has 8 aliphatic rings. The van der Waals surface area contributed by atoms with Gasteiger partial charge in [-0.25, -0.2) is 17.2 Å². The maximum atomic E-state index is 14.2. The van der Waals surface area contributed by atoms with Crippen LogP contribution in [0.15, 0.2) is 0 Å². The number of amides is 1. The topological polar surface area (TPSA) is 158 Å². The molecule has 1 spiro atoms. The zero-order valence-corrected chi connectivity index (χ0v) is 33.8. The standard InChI is InChI=1S/C29H34F6NO11S.Rf/c1-24(2,3)36-17-18-15(21(36)37)16(22(38)43-11-28(34,35)48(40,41)42)19(46-18)20(17)47-23(39)25-6-12-4-13(7-25)29(14(5-12)8-25)44-9-26(30,31)27(32,33)10-45-29;/h11-20H,4-10H2,1-3H3,(H,40,41,42);/q-1;/p-1. The average Bonchev–Trinajstić information content (AvgIpc) is 3.55. The minimum atomic E-state index is -6.24. The van der Waals surface area contributed by atoms with Gasteiger partial charge in [-0.3, -0.25) is 14.4 Å². The summed E-state index contributed by atoms with van der Waals surface area (Å²) in [6.07, 6.45) is -2.61. The van der Waals surface area contributed by atoms with Crippen molar-refractivity contribution in [2.45, 2.75) is 106 Å². The van der Waals surface area contributed by atoms with Gasteiger partial charge in [0.2, 0.25) is 5.91 Å². The van der Waals surface area contributed by atoms with Gasteiger partial charge in [0.1, 0.15) is 29.4 Å². The Kier molecular flexibility index (Phi) is 7.57. The first-order chi connectivity index (χ1) is 21.9. The van der Waals surface area contributed by atoms with Crippen molar-refractivity contribution in [3.05, 3.63) is 6.61 Å². The van der Waals surface area contributed by atoms with Gasteiger partial charge in [0.25, 0.3) is 11.2 Å². The number of hydrogen-bond donors (Lipinski definition) is 0. The minimum Gasteiger partial charge on any atom is -0.746 e. The van der Waals surface area contributed by atoms with Crippen molar-refractivity contribution in [1.29, 1.82) is 0 Å². The van der Waals surface area contributed by atoms with Gasteiger partial charge < -0.3 is 33.1 Å². The molecule has 8 atom stereocenters. The molecule has 8 unspecified atom stereocenters. The molecule has 0 aromatic heterocycles. The van der Waals surface area contributed by atoms with Crippen LogP contribution in [-0.2, 0) is 48.2 Å². The summed E-state index contributed by atoms with van der Waals surface area (Å²) in [4.78, 5) is 42.4. The molecule has 49 heavy (non-hydrogen) atoms. The third-order valence-electron chi connectivity index (χ3n) is 11.4. The van der Waals surface area contributed by atoms with E-state index in [0.717, 1.165) is 0 Å². The number of fused-ring (bicyclic) bond motifs is 1. The number of likely N-dealkylation sites (tertiary alicyclic amines) is 1. The van der Waals surface area contributed by atoms with Gasteiger partial charge >= 0.3 is 17.8 Å². The number of carbonyl (C=O) groups is 3. The van der Waals surface area contributed by atoms with E-state index < -0.39 is 130 Å². The fraction of sp³-hybridized carbons (Fsp3) is 0.862. The summed E-state index contributed by atoms with van der Waals surface area (Å²) in [7, 11) is -6.24. The Labute approximate surface area is 270 Å². The maximum absolute atomic E-state index is 14.2. The molecule has 4 aliphatic carbocycles. The molecule has 8 rings (SSSR count). The van der Waals surface area contributed by atoms with Gasteiger partial charge in [-0.05, 0) is 58.8 Å². The number of nitrogens with zero attached hydrogens (tertiary/aromatic N) is 1. The molecule has 4 saturated carbocycles. The Bertz CT molecular complexity index is 1510. The van der Waals surface area contributed by atoms with Crippen molar-refractivity contribution in [2.24, 2.45) is 35.0 Å². The summed E-state index contributed by atoms with van der Waals surface area (Å²) in [5, 5.41) is -5.07. The van der Waals surface area contributed by atoms with Crippen LogP contribution in [-0.4, -0.2) is 102 Å². The molecular formula is C29H33F6NO11RfS-2. The Hall–Kier alpha value is -3.22. The summed E-state index contributed by atoms with van der Waals surface area (Å²) in [5.41, 5.74) is -2.12. The molecule has 6 bridgehead atoms. The molecule has 272 valence electrons. The molecule has 0 aromatic carbocycles. The van der Waals surface area contributed by atoms with Crippen LogP contribution >= 0.6 is 0 Å². The molecule has 8 fully saturated rings. The van der Waals surface area contributed by atoms with Crippen molar-refractivity contribution >= 4 is 28.0 Å². The van der Waals surface area contributed by atoms with Crippen molar-refractivity contribution in [2.75, 3.05) is 13.2 Å². The quantitative estimate of drug-likeness (QED) is 0.167. The van der Waals surface area contributed by atoms with E-state index in [0.29, 0.717) is 19.3 Å². The Balaban J connectivity index is 0.00000417. The third-order valence-corrected chi connectivity index (χ3v) is 12.1. The number of rotatable bonds is 6. The zero-order valence-electron chi connectivity index (χ0n) is 26.5. The molecule has 0 N–H and O–H groups in total. The van der Waals surface area contributed by atoms with E-state index in [2.05, 4.69) is 4.74 Å². The van der Waals surface area contributed by atoms with Crippen LogP contribution in [0, 0.1) is 41.6 Å². The van der Waals surface area contributed by atoms with Crippen LogP contribution < -0.4 is 0 Å². The van der Waals surface area contributed by atoms with Crippen molar-refractivity contribution in [3.63, 3.8) is 0 Å². The summed E-state index contributed by atoms with van der Waals surface area (Å²) < 4.78 is 145. The number of halogens is 6. The van der Waals surface area contributed by atoms with Gasteiger partial charge in [0, 0.05) is 17.4 Å². The van der Waals surface area contributed by atoms with Crippen LogP contribution in [0.5, 0.6) is 0 Å². The van der Waals surface area contributed by atoms with Crippen molar-refractivity contribution in [3.8, 4) is 0 Å². The Morgan fingerprint density at radius 2 is 1.53 bits per heavy atom. The summed E-state index contributed by atoms with van der Waals surface area (Å²) >= 11 is 0. The van der Waals surface area contributed by atoms with Gasteiger partial charge in [-0.15, -0.1) is 0 Å². The van der Waals surface area contributed by atoms with Crippen LogP contribution in [0.1, 0.15) is 52.9 Å². The molecule has 1 amide bonds. The van der Waals surface area contributed by atoms with E-state index in [-0.39, 0.29) is 18.8 Å². The normalized spacial score (nSPS) is 41.1. The maximum Gasteiger partial charge on any atom is 0.335 e. The van der Waals surface area contributed by atoms with Gasteiger partial charge in [0.15, 0.2) is 11.9 Å². The first kappa shape index (κ1) is 35.6. The molecule has 12 nitrogen and oxygen atoms in total. The zero-order chi connectivity index (χ0) is 35.2. The molecular weight excluding hydrogens is 951 g/mol. The van der Waals surface area contributed by atoms with Crippen LogP contribution in [0.3, 0.4) is 0 Å². The molecule has 0 aromatic rings. The van der Waals surface area contributed by atoms with Gasteiger partial charge in [-0.2, -0.15) is 17.6 Å². The molecule has 4 aliphatic heterocycles. The predicted molar refractivity (Wildman–Crippen MR) is 141 cm³/mol. The summed E-state index contributed by atoms with van der Waals surface area (Å²) in [6, 6.07) is -0.897. The summed E-state index contributed by atoms with van der Waals surface area (Å²) in [5.74, 6) is -17.9.